The second kappa shape index (κ2) is 6.40. The standard InChI is InChI=1S/C16H11Cl3N2O2/c17-9-2-1-3-10(6-9)20-14-8-15(22)21(16(14)23)11-4-5-12(18)13(19)7-11/h1-7,14,20H,8H2. The first-order chi connectivity index (χ1) is 11.0. The van der Waals surface area contributed by atoms with Crippen LogP contribution in [-0.4, -0.2) is 17.9 Å². The highest BCUT2D eigenvalue weighted by Gasteiger charge is 2.39. The fraction of sp³-hybridized carbons (Fsp3) is 0.125. The number of carbonyl (C=O) groups is 2. The molecule has 0 aliphatic carbocycles. The van der Waals surface area contributed by atoms with Gasteiger partial charge in [0.2, 0.25) is 5.91 Å². The van der Waals surface area contributed by atoms with Crippen molar-refractivity contribution in [3.63, 3.8) is 0 Å². The number of imide groups is 1. The zero-order valence-electron chi connectivity index (χ0n) is 11.7. The van der Waals surface area contributed by atoms with Gasteiger partial charge in [-0.1, -0.05) is 40.9 Å². The summed E-state index contributed by atoms with van der Waals surface area (Å²) in [5.74, 6) is -0.638. The number of amides is 2. The molecule has 1 unspecified atom stereocenters. The molecule has 2 amide bonds. The Morgan fingerprint density at radius 1 is 1.00 bits per heavy atom. The highest BCUT2D eigenvalue weighted by molar-refractivity contribution is 6.42. The number of nitrogens with zero attached hydrogens (tertiary/aromatic N) is 1. The van der Waals surface area contributed by atoms with Crippen molar-refractivity contribution in [2.75, 3.05) is 10.2 Å². The Bertz CT molecular complexity index is 795. The van der Waals surface area contributed by atoms with Crippen LogP contribution in [0.15, 0.2) is 42.5 Å². The minimum atomic E-state index is -0.643. The van der Waals surface area contributed by atoms with Crippen LogP contribution in [0.1, 0.15) is 6.42 Å². The monoisotopic (exact) mass is 368 g/mol. The van der Waals surface area contributed by atoms with Crippen molar-refractivity contribution >= 4 is 58.0 Å². The van der Waals surface area contributed by atoms with Gasteiger partial charge >= 0.3 is 0 Å². The van der Waals surface area contributed by atoms with Crippen molar-refractivity contribution in [3.05, 3.63) is 57.5 Å². The summed E-state index contributed by atoms with van der Waals surface area (Å²) >= 11 is 17.7. The number of nitrogens with one attached hydrogen (secondary N) is 1. The number of halogens is 3. The van der Waals surface area contributed by atoms with Crippen LogP contribution in [-0.2, 0) is 9.59 Å². The van der Waals surface area contributed by atoms with Gasteiger partial charge in [0.15, 0.2) is 0 Å². The normalized spacial score (nSPS) is 17.7. The predicted molar refractivity (Wildman–Crippen MR) is 92.4 cm³/mol. The predicted octanol–water partition coefficient (Wildman–Crippen LogP) is 4.39. The molecule has 0 radical (unpaired) electrons. The Hall–Kier alpha value is -1.75. The molecular formula is C16H11Cl3N2O2. The summed E-state index contributed by atoms with van der Waals surface area (Å²) in [5.41, 5.74) is 1.09. The van der Waals surface area contributed by atoms with E-state index in [2.05, 4.69) is 5.32 Å². The summed E-state index contributed by atoms with van der Waals surface area (Å²) in [5, 5.41) is 4.23. The first-order valence-electron chi connectivity index (χ1n) is 6.79. The number of anilines is 2. The van der Waals surface area contributed by atoms with Crippen LogP contribution in [0.5, 0.6) is 0 Å². The van der Waals surface area contributed by atoms with Crippen molar-refractivity contribution in [1.29, 1.82) is 0 Å². The number of carbonyl (C=O) groups excluding carboxylic acids is 2. The lowest BCUT2D eigenvalue weighted by atomic mass is 10.2. The summed E-state index contributed by atoms with van der Waals surface area (Å²) in [6.45, 7) is 0. The third-order valence-corrected chi connectivity index (χ3v) is 4.45. The van der Waals surface area contributed by atoms with E-state index in [0.29, 0.717) is 21.4 Å². The summed E-state index contributed by atoms with van der Waals surface area (Å²) in [4.78, 5) is 25.9. The van der Waals surface area contributed by atoms with E-state index >= 15 is 0 Å². The molecule has 2 aromatic carbocycles. The van der Waals surface area contributed by atoms with Gasteiger partial charge in [0, 0.05) is 10.7 Å². The number of rotatable bonds is 3. The van der Waals surface area contributed by atoms with Crippen LogP contribution in [0.2, 0.25) is 15.1 Å². The first-order valence-corrected chi connectivity index (χ1v) is 7.93. The average molecular weight is 370 g/mol. The summed E-state index contributed by atoms with van der Waals surface area (Å²) < 4.78 is 0. The Balaban J connectivity index is 1.83. The van der Waals surface area contributed by atoms with E-state index in [1.54, 1.807) is 36.4 Å². The highest BCUT2D eigenvalue weighted by Crippen LogP contribution is 2.31. The van der Waals surface area contributed by atoms with Crippen molar-refractivity contribution in [1.82, 2.24) is 0 Å². The molecule has 0 bridgehead atoms. The summed E-state index contributed by atoms with van der Waals surface area (Å²) in [6, 6.07) is 11.0. The third-order valence-electron chi connectivity index (χ3n) is 3.47. The molecule has 1 atom stereocenters. The van der Waals surface area contributed by atoms with Gasteiger partial charge in [0.1, 0.15) is 6.04 Å². The molecule has 0 aromatic heterocycles. The van der Waals surface area contributed by atoms with Gasteiger partial charge in [-0.15, -0.1) is 0 Å². The van der Waals surface area contributed by atoms with E-state index in [9.17, 15) is 9.59 Å². The average Bonchev–Trinajstić information content (AvgIpc) is 2.77. The molecule has 1 N–H and O–H groups in total. The first kappa shape index (κ1) is 16.1. The smallest absolute Gasteiger partial charge is 0.256 e. The largest absolute Gasteiger partial charge is 0.373 e. The van der Waals surface area contributed by atoms with Crippen LogP contribution < -0.4 is 10.2 Å². The maximum absolute atomic E-state index is 12.5. The van der Waals surface area contributed by atoms with Gasteiger partial charge in [-0.2, -0.15) is 0 Å². The summed E-state index contributed by atoms with van der Waals surface area (Å²) in [7, 11) is 0. The van der Waals surface area contributed by atoms with Crippen molar-refractivity contribution in [2.45, 2.75) is 12.5 Å². The minimum Gasteiger partial charge on any atom is -0.373 e. The second-order valence-electron chi connectivity index (χ2n) is 5.08. The molecule has 0 spiro atoms. The maximum atomic E-state index is 12.5. The van der Waals surface area contributed by atoms with Gasteiger partial charge in [0.25, 0.3) is 5.91 Å². The lowest BCUT2D eigenvalue weighted by Crippen LogP contribution is -2.34. The molecule has 2 aromatic rings. The molecule has 23 heavy (non-hydrogen) atoms. The van der Waals surface area contributed by atoms with E-state index in [1.165, 1.54) is 6.07 Å². The van der Waals surface area contributed by atoms with Crippen molar-refractivity contribution < 1.29 is 9.59 Å². The van der Waals surface area contributed by atoms with E-state index in [0.717, 1.165) is 4.90 Å². The Morgan fingerprint density at radius 3 is 2.48 bits per heavy atom. The molecule has 7 heteroatoms. The van der Waals surface area contributed by atoms with Crippen LogP contribution in [0.3, 0.4) is 0 Å². The van der Waals surface area contributed by atoms with E-state index < -0.39 is 6.04 Å². The molecule has 0 saturated carbocycles. The lowest BCUT2D eigenvalue weighted by molar-refractivity contribution is -0.121. The zero-order chi connectivity index (χ0) is 16.6. The molecule has 4 nitrogen and oxygen atoms in total. The van der Waals surface area contributed by atoms with Gasteiger partial charge in [-0.05, 0) is 36.4 Å². The second-order valence-corrected chi connectivity index (χ2v) is 6.33. The minimum absolute atomic E-state index is 0.0611. The molecule has 1 aliphatic rings. The topological polar surface area (TPSA) is 49.4 Å². The molecule has 1 fully saturated rings. The summed E-state index contributed by atoms with van der Waals surface area (Å²) in [6.07, 6.45) is 0.0611. The molecule has 1 aliphatic heterocycles. The van der Waals surface area contributed by atoms with Crippen LogP contribution in [0.25, 0.3) is 0 Å². The number of benzene rings is 2. The van der Waals surface area contributed by atoms with E-state index in [4.69, 9.17) is 34.8 Å². The molecular weight excluding hydrogens is 359 g/mol. The Labute approximate surface area is 147 Å². The van der Waals surface area contributed by atoms with Crippen LogP contribution >= 0.6 is 34.8 Å². The number of hydrogen-bond donors (Lipinski definition) is 1. The van der Waals surface area contributed by atoms with Gasteiger partial charge < -0.3 is 5.32 Å². The SMILES string of the molecule is O=C1CC(Nc2cccc(Cl)c2)C(=O)N1c1ccc(Cl)c(Cl)c1. The van der Waals surface area contributed by atoms with Crippen molar-refractivity contribution in [3.8, 4) is 0 Å². The number of hydrogen-bond acceptors (Lipinski definition) is 3. The Kier molecular flexibility index (Phi) is 4.48. The quantitative estimate of drug-likeness (QED) is 0.816. The Morgan fingerprint density at radius 2 is 1.78 bits per heavy atom. The maximum Gasteiger partial charge on any atom is 0.256 e. The zero-order valence-corrected chi connectivity index (χ0v) is 14.0. The van der Waals surface area contributed by atoms with Gasteiger partial charge in [-0.25, -0.2) is 4.90 Å². The fourth-order valence-electron chi connectivity index (χ4n) is 2.42. The molecule has 3 rings (SSSR count). The van der Waals surface area contributed by atoms with Crippen LogP contribution in [0.4, 0.5) is 11.4 Å². The molecule has 118 valence electrons. The van der Waals surface area contributed by atoms with E-state index in [-0.39, 0.29) is 23.3 Å². The van der Waals surface area contributed by atoms with Gasteiger partial charge in [-0.3, -0.25) is 9.59 Å². The lowest BCUT2D eigenvalue weighted by Gasteiger charge is -2.16. The van der Waals surface area contributed by atoms with Crippen LogP contribution in [0, 0.1) is 0 Å². The van der Waals surface area contributed by atoms with Crippen molar-refractivity contribution in [2.24, 2.45) is 0 Å². The fourth-order valence-corrected chi connectivity index (χ4v) is 2.90. The van der Waals surface area contributed by atoms with E-state index in [1.807, 2.05) is 0 Å². The van der Waals surface area contributed by atoms with Gasteiger partial charge in [0.05, 0.1) is 22.2 Å². The highest BCUT2D eigenvalue weighted by atomic mass is 35.5. The molecule has 1 heterocycles. The third kappa shape index (κ3) is 3.29. The molecule has 1 saturated heterocycles.